The maximum atomic E-state index is 13.8. The van der Waals surface area contributed by atoms with Crippen molar-refractivity contribution < 1.29 is 4.39 Å². The first-order valence-corrected chi connectivity index (χ1v) is 7.25. The van der Waals surface area contributed by atoms with Gasteiger partial charge in [0, 0.05) is 36.6 Å². The molecule has 19 heavy (non-hydrogen) atoms. The molecule has 2 aromatic rings. The Kier molecular flexibility index (Phi) is 3.48. The zero-order chi connectivity index (χ0) is 13.2. The number of hydrogen-bond donors (Lipinski definition) is 1. The number of nitrogens with one attached hydrogen (secondary N) is 1. The van der Waals surface area contributed by atoms with Crippen LogP contribution >= 0.6 is 11.3 Å². The van der Waals surface area contributed by atoms with E-state index in [1.165, 1.54) is 6.07 Å². The third-order valence-corrected chi connectivity index (χ3v) is 4.33. The number of hydrogen-bond acceptors (Lipinski definition) is 4. The van der Waals surface area contributed by atoms with E-state index < -0.39 is 0 Å². The highest BCUT2D eigenvalue weighted by atomic mass is 32.1. The van der Waals surface area contributed by atoms with Gasteiger partial charge in [-0.05, 0) is 19.1 Å². The zero-order valence-electron chi connectivity index (χ0n) is 10.8. The molecule has 1 N–H and O–H groups in total. The van der Waals surface area contributed by atoms with Gasteiger partial charge in [0.15, 0.2) is 5.13 Å². The molecule has 0 bridgehead atoms. The summed E-state index contributed by atoms with van der Waals surface area (Å²) in [5, 5.41) is 4.32. The number of aryl methyl sites for hydroxylation is 1. The summed E-state index contributed by atoms with van der Waals surface area (Å²) in [6.45, 7) is 5.89. The molecule has 1 aromatic heterocycles. The molecule has 1 aromatic carbocycles. The van der Waals surface area contributed by atoms with Crippen LogP contribution in [-0.2, 0) is 0 Å². The summed E-state index contributed by atoms with van der Waals surface area (Å²) < 4.78 is 13.8. The second-order valence-electron chi connectivity index (χ2n) is 4.62. The zero-order valence-corrected chi connectivity index (χ0v) is 11.6. The minimum atomic E-state index is -0.206. The van der Waals surface area contributed by atoms with E-state index in [1.807, 2.05) is 13.0 Å². The van der Waals surface area contributed by atoms with E-state index in [9.17, 15) is 4.39 Å². The number of thiazole rings is 1. The van der Waals surface area contributed by atoms with Gasteiger partial charge in [-0.25, -0.2) is 9.37 Å². The Bertz CT molecular complexity index is 576. The molecule has 2 heterocycles. The quantitative estimate of drug-likeness (QED) is 0.914. The van der Waals surface area contributed by atoms with Crippen LogP contribution in [0.5, 0.6) is 0 Å². The van der Waals surface area contributed by atoms with Crippen molar-refractivity contribution in [2.75, 3.05) is 31.1 Å². The van der Waals surface area contributed by atoms with Gasteiger partial charge < -0.3 is 10.2 Å². The van der Waals surface area contributed by atoms with Crippen molar-refractivity contribution in [3.63, 3.8) is 0 Å². The molecule has 0 unspecified atom stereocenters. The van der Waals surface area contributed by atoms with E-state index in [4.69, 9.17) is 0 Å². The lowest BCUT2D eigenvalue weighted by Crippen LogP contribution is -2.43. The number of halogens is 1. The van der Waals surface area contributed by atoms with Gasteiger partial charge in [0.25, 0.3) is 0 Å². The van der Waals surface area contributed by atoms with Gasteiger partial charge >= 0.3 is 0 Å². The number of piperazine rings is 1. The molecule has 3 nitrogen and oxygen atoms in total. The van der Waals surface area contributed by atoms with Gasteiger partial charge in [0.1, 0.15) is 5.82 Å². The fourth-order valence-electron chi connectivity index (χ4n) is 2.28. The van der Waals surface area contributed by atoms with E-state index >= 15 is 0 Å². The minimum absolute atomic E-state index is 0.206. The van der Waals surface area contributed by atoms with Gasteiger partial charge in [-0.15, -0.1) is 11.3 Å². The van der Waals surface area contributed by atoms with Gasteiger partial charge in [0.05, 0.1) is 5.69 Å². The summed E-state index contributed by atoms with van der Waals surface area (Å²) >= 11 is 1.64. The minimum Gasteiger partial charge on any atom is -0.346 e. The monoisotopic (exact) mass is 277 g/mol. The maximum absolute atomic E-state index is 13.8. The molecule has 3 rings (SSSR count). The summed E-state index contributed by atoms with van der Waals surface area (Å²) in [6, 6.07) is 6.83. The summed E-state index contributed by atoms with van der Waals surface area (Å²) in [6.07, 6.45) is 0. The van der Waals surface area contributed by atoms with Crippen LogP contribution in [0.15, 0.2) is 24.3 Å². The molecule has 0 spiro atoms. The SMILES string of the molecule is Cc1sc(N2CCNCC2)nc1-c1ccccc1F. The Labute approximate surface area is 116 Å². The molecule has 0 amide bonds. The molecule has 1 fully saturated rings. The van der Waals surface area contributed by atoms with Crippen LogP contribution < -0.4 is 10.2 Å². The first-order chi connectivity index (χ1) is 9.25. The molecule has 100 valence electrons. The molecule has 0 radical (unpaired) electrons. The number of benzene rings is 1. The lowest BCUT2D eigenvalue weighted by atomic mass is 10.1. The summed E-state index contributed by atoms with van der Waals surface area (Å²) in [5.41, 5.74) is 1.37. The highest BCUT2D eigenvalue weighted by Crippen LogP contribution is 2.33. The lowest BCUT2D eigenvalue weighted by Gasteiger charge is -2.26. The second kappa shape index (κ2) is 5.27. The Hall–Kier alpha value is -1.46. The Morgan fingerprint density at radius 3 is 2.74 bits per heavy atom. The van der Waals surface area contributed by atoms with Crippen LogP contribution in [-0.4, -0.2) is 31.2 Å². The maximum Gasteiger partial charge on any atom is 0.186 e. The van der Waals surface area contributed by atoms with Gasteiger partial charge in [-0.2, -0.15) is 0 Å². The fourth-order valence-corrected chi connectivity index (χ4v) is 3.25. The third-order valence-electron chi connectivity index (χ3n) is 3.30. The predicted octanol–water partition coefficient (Wildman–Crippen LogP) is 2.67. The Balaban J connectivity index is 1.95. The van der Waals surface area contributed by atoms with E-state index in [0.29, 0.717) is 5.56 Å². The fraction of sp³-hybridized carbons (Fsp3) is 0.357. The van der Waals surface area contributed by atoms with Crippen molar-refractivity contribution in [1.82, 2.24) is 10.3 Å². The van der Waals surface area contributed by atoms with Crippen LogP contribution in [0.4, 0.5) is 9.52 Å². The molecular weight excluding hydrogens is 261 g/mol. The van der Waals surface area contributed by atoms with Crippen LogP contribution in [0.25, 0.3) is 11.3 Å². The third kappa shape index (κ3) is 2.48. The molecule has 0 atom stereocenters. The average molecular weight is 277 g/mol. The second-order valence-corrected chi connectivity index (χ2v) is 5.80. The number of nitrogens with zero attached hydrogens (tertiary/aromatic N) is 2. The average Bonchev–Trinajstić information content (AvgIpc) is 2.82. The largest absolute Gasteiger partial charge is 0.346 e. The van der Waals surface area contributed by atoms with Gasteiger partial charge in [-0.1, -0.05) is 12.1 Å². The van der Waals surface area contributed by atoms with E-state index in [1.54, 1.807) is 23.5 Å². The summed E-state index contributed by atoms with van der Waals surface area (Å²) in [5.74, 6) is -0.206. The van der Waals surface area contributed by atoms with Gasteiger partial charge in [-0.3, -0.25) is 0 Å². The van der Waals surface area contributed by atoms with E-state index in [-0.39, 0.29) is 5.82 Å². The van der Waals surface area contributed by atoms with Gasteiger partial charge in [0.2, 0.25) is 0 Å². The first kappa shape index (κ1) is 12.6. The lowest BCUT2D eigenvalue weighted by molar-refractivity contribution is 0.588. The highest BCUT2D eigenvalue weighted by Gasteiger charge is 2.18. The smallest absolute Gasteiger partial charge is 0.186 e. The standard InChI is InChI=1S/C14H16FN3S/c1-10-13(11-4-2-3-5-12(11)15)17-14(19-10)18-8-6-16-7-9-18/h2-5,16H,6-9H2,1H3. The topological polar surface area (TPSA) is 28.2 Å². The number of rotatable bonds is 2. The molecule has 1 aliphatic rings. The molecule has 1 saturated heterocycles. The van der Waals surface area contributed by atoms with Crippen LogP contribution in [0.1, 0.15) is 4.88 Å². The molecule has 5 heteroatoms. The normalized spacial score (nSPS) is 15.8. The van der Waals surface area contributed by atoms with Crippen LogP contribution in [0.2, 0.25) is 0 Å². The summed E-state index contributed by atoms with van der Waals surface area (Å²) in [7, 11) is 0. The van der Waals surface area contributed by atoms with Crippen LogP contribution in [0.3, 0.4) is 0 Å². The predicted molar refractivity (Wildman–Crippen MR) is 77.3 cm³/mol. The van der Waals surface area contributed by atoms with Crippen molar-refractivity contribution in [3.05, 3.63) is 35.0 Å². The number of anilines is 1. The van der Waals surface area contributed by atoms with E-state index in [2.05, 4.69) is 15.2 Å². The van der Waals surface area contributed by atoms with Crippen molar-refractivity contribution in [2.45, 2.75) is 6.92 Å². The van der Waals surface area contributed by atoms with Crippen molar-refractivity contribution in [2.24, 2.45) is 0 Å². The molecule has 0 aliphatic carbocycles. The molecular formula is C14H16FN3S. The van der Waals surface area contributed by atoms with Crippen molar-refractivity contribution in [3.8, 4) is 11.3 Å². The molecule has 1 aliphatic heterocycles. The van der Waals surface area contributed by atoms with Crippen LogP contribution in [0, 0.1) is 12.7 Å². The van der Waals surface area contributed by atoms with Crippen molar-refractivity contribution in [1.29, 1.82) is 0 Å². The Morgan fingerprint density at radius 2 is 2.00 bits per heavy atom. The Morgan fingerprint density at radius 1 is 1.26 bits per heavy atom. The molecule has 0 saturated carbocycles. The highest BCUT2D eigenvalue weighted by molar-refractivity contribution is 7.16. The van der Waals surface area contributed by atoms with E-state index in [0.717, 1.165) is 41.9 Å². The first-order valence-electron chi connectivity index (χ1n) is 6.43. The number of aromatic nitrogens is 1. The summed E-state index contributed by atoms with van der Waals surface area (Å²) in [4.78, 5) is 7.97. The van der Waals surface area contributed by atoms with Crippen molar-refractivity contribution >= 4 is 16.5 Å².